The Morgan fingerprint density at radius 2 is 2.00 bits per heavy atom. The van der Waals surface area contributed by atoms with Crippen molar-refractivity contribution in [1.82, 2.24) is 34.7 Å². The molecule has 1 fully saturated rings. The van der Waals surface area contributed by atoms with Crippen LogP contribution in [-0.2, 0) is 24.2 Å². The van der Waals surface area contributed by atoms with Crippen LogP contribution in [0.2, 0.25) is 0 Å². The van der Waals surface area contributed by atoms with E-state index in [9.17, 15) is 19.2 Å². The minimum Gasteiger partial charge on any atom is -0.350 e. The number of hydrogen-bond donors (Lipinski definition) is 1. The van der Waals surface area contributed by atoms with Gasteiger partial charge >= 0.3 is 0 Å². The number of likely N-dealkylation sites (tertiary alicyclic amines) is 1. The average molecular weight is 550 g/mol. The molecular weight excluding hydrogens is 518 g/mol. The number of hydrogen-bond acceptors (Lipinski definition) is 7. The summed E-state index contributed by atoms with van der Waals surface area (Å²) >= 11 is 1.53. The van der Waals surface area contributed by atoms with Crippen molar-refractivity contribution < 1.29 is 14.4 Å². The number of aromatic nitrogens is 4. The smallest absolute Gasteiger partial charge is 0.264 e. The number of carbonyl (C=O) groups is 3. The zero-order valence-corrected chi connectivity index (χ0v) is 22.7. The number of aryl methyl sites for hydroxylation is 1. The van der Waals surface area contributed by atoms with Gasteiger partial charge in [0.25, 0.3) is 17.4 Å². The summed E-state index contributed by atoms with van der Waals surface area (Å²) < 4.78 is 3.17. The van der Waals surface area contributed by atoms with Crippen LogP contribution < -0.4 is 10.9 Å². The van der Waals surface area contributed by atoms with Gasteiger partial charge in [0.2, 0.25) is 5.91 Å². The van der Waals surface area contributed by atoms with Crippen LogP contribution in [0.5, 0.6) is 0 Å². The number of thiophene rings is 1. The van der Waals surface area contributed by atoms with E-state index < -0.39 is 11.5 Å². The molecule has 2 atom stereocenters. The van der Waals surface area contributed by atoms with Gasteiger partial charge in [-0.25, -0.2) is 4.68 Å². The van der Waals surface area contributed by atoms with Gasteiger partial charge in [-0.1, -0.05) is 5.21 Å². The third-order valence-corrected chi connectivity index (χ3v) is 9.14. The maximum atomic E-state index is 13.7. The molecule has 3 aromatic rings. The number of nitrogens with zero attached hydrogens (tertiary/aromatic N) is 6. The van der Waals surface area contributed by atoms with E-state index in [2.05, 4.69) is 21.0 Å². The monoisotopic (exact) mass is 549 g/mol. The van der Waals surface area contributed by atoms with Gasteiger partial charge in [-0.2, -0.15) is 0 Å². The number of fused-ring (bicyclic) bond motifs is 7. The molecule has 0 radical (unpaired) electrons. The highest BCUT2D eigenvalue weighted by molar-refractivity contribution is 7.12. The van der Waals surface area contributed by atoms with Crippen LogP contribution in [0.4, 0.5) is 0 Å². The van der Waals surface area contributed by atoms with Crippen molar-refractivity contribution in [2.45, 2.75) is 44.7 Å². The first-order chi connectivity index (χ1) is 18.9. The Hall–Kier alpha value is -3.80. The SMILES string of the molecule is CN1CCNC(=O)c2cccn(c2=O)Cc2cn(nn2)[C@@H]2CN(C(=O)c3scc4c3CCCC4)C[C@@H]2CC1=O. The second-order valence-corrected chi connectivity index (χ2v) is 11.5. The molecule has 39 heavy (non-hydrogen) atoms. The summed E-state index contributed by atoms with van der Waals surface area (Å²) in [5.41, 5.74) is 2.65. The predicted molar refractivity (Wildman–Crippen MR) is 144 cm³/mol. The van der Waals surface area contributed by atoms with Crippen molar-refractivity contribution in [1.29, 1.82) is 0 Å². The maximum Gasteiger partial charge on any atom is 0.264 e. The number of likely N-dealkylation sites (N-methyl/N-ethyl adjacent to an activating group) is 1. The van der Waals surface area contributed by atoms with Crippen LogP contribution in [0.15, 0.2) is 34.7 Å². The first-order valence-electron chi connectivity index (χ1n) is 13.4. The largest absolute Gasteiger partial charge is 0.350 e. The topological polar surface area (TPSA) is 122 Å². The Morgan fingerprint density at radius 1 is 1.15 bits per heavy atom. The van der Waals surface area contributed by atoms with E-state index in [-0.39, 0.29) is 48.8 Å². The van der Waals surface area contributed by atoms with Gasteiger partial charge in [-0.3, -0.25) is 19.2 Å². The van der Waals surface area contributed by atoms with Crippen molar-refractivity contribution in [2.24, 2.45) is 5.92 Å². The molecule has 1 N–H and O–H groups in total. The molecule has 4 bridgehead atoms. The van der Waals surface area contributed by atoms with E-state index in [0.29, 0.717) is 25.3 Å². The van der Waals surface area contributed by atoms with Crippen molar-refractivity contribution in [2.75, 3.05) is 33.2 Å². The molecule has 0 spiro atoms. The summed E-state index contributed by atoms with van der Waals surface area (Å²) in [6, 6.07) is 2.92. The lowest BCUT2D eigenvalue weighted by molar-refractivity contribution is -0.131. The number of nitrogens with one attached hydrogen (secondary N) is 1. The van der Waals surface area contributed by atoms with E-state index >= 15 is 0 Å². The highest BCUT2D eigenvalue weighted by Crippen LogP contribution is 2.35. The van der Waals surface area contributed by atoms with Crippen LogP contribution in [-0.4, -0.2) is 80.3 Å². The quantitative estimate of drug-likeness (QED) is 0.489. The van der Waals surface area contributed by atoms with Gasteiger partial charge in [-0.15, -0.1) is 16.4 Å². The number of carbonyl (C=O) groups excluding carboxylic acids is 3. The summed E-state index contributed by atoms with van der Waals surface area (Å²) in [6.45, 7) is 1.56. The van der Waals surface area contributed by atoms with Gasteiger partial charge < -0.3 is 19.7 Å². The summed E-state index contributed by atoms with van der Waals surface area (Å²) in [5, 5.41) is 13.5. The Bertz CT molecular complexity index is 1490. The second-order valence-electron chi connectivity index (χ2n) is 10.6. The first kappa shape index (κ1) is 25.5. The summed E-state index contributed by atoms with van der Waals surface area (Å²) in [4.78, 5) is 56.8. The van der Waals surface area contributed by atoms with Gasteiger partial charge in [-0.05, 0) is 54.3 Å². The van der Waals surface area contributed by atoms with Crippen LogP contribution in [0, 0.1) is 5.92 Å². The predicted octanol–water partition coefficient (Wildman–Crippen LogP) is 1.33. The summed E-state index contributed by atoms with van der Waals surface area (Å²) in [5.74, 6) is -0.681. The molecule has 3 aliphatic rings. The Balaban J connectivity index is 1.31. The molecule has 0 aromatic carbocycles. The molecule has 12 heteroatoms. The fourth-order valence-electron chi connectivity index (χ4n) is 5.86. The minimum absolute atomic E-state index is 0.0220. The lowest BCUT2D eigenvalue weighted by atomic mass is 9.94. The second kappa shape index (κ2) is 10.4. The maximum absolute atomic E-state index is 13.7. The van der Waals surface area contributed by atoms with Gasteiger partial charge in [0.1, 0.15) is 11.3 Å². The van der Waals surface area contributed by atoms with E-state index in [1.807, 2.05) is 4.90 Å². The molecular formula is C27H31N7O4S. The van der Waals surface area contributed by atoms with Crippen LogP contribution >= 0.6 is 11.3 Å². The van der Waals surface area contributed by atoms with Crippen molar-refractivity contribution in [3.05, 3.63) is 67.5 Å². The number of amides is 3. The van der Waals surface area contributed by atoms with Crippen LogP contribution in [0.1, 0.15) is 62.2 Å². The molecule has 1 aliphatic carbocycles. The molecule has 6 rings (SSSR count). The molecule has 5 heterocycles. The van der Waals surface area contributed by atoms with Crippen LogP contribution in [0.3, 0.4) is 0 Å². The van der Waals surface area contributed by atoms with Gasteiger partial charge in [0, 0.05) is 51.8 Å². The standard InChI is InChI=1S/C27H31N7O4S/c1-31-10-8-28-25(36)21-7-4-9-32(26(21)37)13-19-14-34(30-29-19)22-15-33(12-18(22)11-23(31)35)27(38)24-20-6-3-2-5-17(20)16-39-24/h4,7,9,14,16,18,22H,2-3,5-6,8,10-13,15H2,1H3,(H,28,36)/t18-,22+/m0/s1. The molecule has 3 amide bonds. The van der Waals surface area contributed by atoms with E-state index in [4.69, 9.17) is 0 Å². The average Bonchev–Trinajstić information content (AvgIpc) is 3.67. The van der Waals surface area contributed by atoms with Crippen molar-refractivity contribution in [3.8, 4) is 0 Å². The molecule has 0 saturated carbocycles. The van der Waals surface area contributed by atoms with E-state index in [1.165, 1.54) is 33.1 Å². The number of pyridine rings is 1. The van der Waals surface area contributed by atoms with Crippen molar-refractivity contribution >= 4 is 29.1 Å². The highest BCUT2D eigenvalue weighted by atomic mass is 32.1. The molecule has 2 aliphatic heterocycles. The minimum atomic E-state index is -0.480. The summed E-state index contributed by atoms with van der Waals surface area (Å²) in [6.07, 6.45) is 7.87. The van der Waals surface area contributed by atoms with E-state index in [1.54, 1.807) is 35.1 Å². The molecule has 3 aromatic heterocycles. The third kappa shape index (κ3) is 4.88. The van der Waals surface area contributed by atoms with Gasteiger partial charge in [0.15, 0.2) is 0 Å². The summed E-state index contributed by atoms with van der Waals surface area (Å²) in [7, 11) is 1.70. The lowest BCUT2D eigenvalue weighted by Crippen LogP contribution is -2.39. The first-order valence-corrected chi connectivity index (χ1v) is 14.3. The van der Waals surface area contributed by atoms with Crippen molar-refractivity contribution in [3.63, 3.8) is 0 Å². The molecule has 0 unspecified atom stereocenters. The Morgan fingerprint density at radius 3 is 2.87 bits per heavy atom. The lowest BCUT2D eigenvalue weighted by Gasteiger charge is -2.22. The third-order valence-electron chi connectivity index (χ3n) is 8.08. The van der Waals surface area contributed by atoms with Gasteiger partial charge in [0.05, 0.1) is 23.7 Å². The number of rotatable bonds is 1. The normalized spacial score (nSPS) is 21.9. The fraction of sp³-hybridized carbons (Fsp3) is 0.481. The Labute approximate surface area is 229 Å². The zero-order chi connectivity index (χ0) is 27.1. The molecule has 204 valence electrons. The molecule has 1 saturated heterocycles. The van der Waals surface area contributed by atoms with E-state index in [0.717, 1.165) is 30.6 Å². The zero-order valence-electron chi connectivity index (χ0n) is 21.8. The van der Waals surface area contributed by atoms with Crippen LogP contribution in [0.25, 0.3) is 0 Å². The Kier molecular flexibility index (Phi) is 6.79. The molecule has 11 nitrogen and oxygen atoms in total. The highest BCUT2D eigenvalue weighted by Gasteiger charge is 2.40. The fourth-order valence-corrected chi connectivity index (χ4v) is 6.98.